The molecule has 0 spiro atoms. The van der Waals surface area contributed by atoms with Crippen LogP contribution in [0.1, 0.15) is 24.8 Å². The number of primary amides is 2. The van der Waals surface area contributed by atoms with Crippen LogP contribution in [0.15, 0.2) is 30.3 Å². The first-order valence-corrected chi connectivity index (χ1v) is 9.18. The van der Waals surface area contributed by atoms with Crippen LogP contribution >= 0.6 is 0 Å². The van der Waals surface area contributed by atoms with Crippen molar-refractivity contribution in [3.8, 4) is 0 Å². The van der Waals surface area contributed by atoms with Crippen molar-refractivity contribution < 1.29 is 28.7 Å². The van der Waals surface area contributed by atoms with Gasteiger partial charge in [0.05, 0.1) is 19.6 Å². The minimum Gasteiger partial charge on any atom is -0.467 e. The zero-order valence-electron chi connectivity index (χ0n) is 16.6. The van der Waals surface area contributed by atoms with E-state index in [1.165, 1.54) is 7.11 Å². The van der Waals surface area contributed by atoms with Gasteiger partial charge in [0.2, 0.25) is 23.6 Å². The second kappa shape index (κ2) is 12.2. The fourth-order valence-corrected chi connectivity index (χ4v) is 2.58. The highest BCUT2D eigenvalue weighted by molar-refractivity contribution is 5.94. The monoisotopic (exact) mass is 421 g/mol. The molecule has 0 radical (unpaired) electrons. The molecule has 1 aromatic carbocycles. The number of hydrogen-bond donors (Lipinski definition) is 5. The molecule has 4 amide bonds. The fourth-order valence-electron chi connectivity index (χ4n) is 2.58. The molecule has 0 aromatic heterocycles. The van der Waals surface area contributed by atoms with E-state index in [4.69, 9.17) is 21.9 Å². The summed E-state index contributed by atoms with van der Waals surface area (Å²) in [5.74, 6) is -3.76. The molecule has 0 aliphatic heterocycles. The lowest BCUT2D eigenvalue weighted by Gasteiger charge is -2.23. The molecular weight excluding hydrogens is 394 g/mol. The number of amides is 4. The van der Waals surface area contributed by atoms with Crippen LogP contribution in [0.3, 0.4) is 0 Å². The summed E-state index contributed by atoms with van der Waals surface area (Å²) in [5.41, 5.74) is 16.6. The summed E-state index contributed by atoms with van der Waals surface area (Å²) >= 11 is 0. The van der Waals surface area contributed by atoms with E-state index in [0.29, 0.717) is 0 Å². The van der Waals surface area contributed by atoms with Crippen LogP contribution in [0, 0.1) is 0 Å². The molecule has 0 aliphatic rings. The highest BCUT2D eigenvalue weighted by atomic mass is 16.5. The largest absolute Gasteiger partial charge is 0.467 e. The van der Waals surface area contributed by atoms with Gasteiger partial charge in [-0.3, -0.25) is 19.2 Å². The van der Waals surface area contributed by atoms with Crippen LogP contribution in [-0.4, -0.2) is 54.8 Å². The van der Waals surface area contributed by atoms with Gasteiger partial charge in [-0.15, -0.1) is 0 Å². The summed E-state index contributed by atoms with van der Waals surface area (Å²) in [6, 6.07) is 5.34. The van der Waals surface area contributed by atoms with Gasteiger partial charge in [0, 0.05) is 12.8 Å². The summed E-state index contributed by atoms with van der Waals surface area (Å²) < 4.78 is 4.72. The van der Waals surface area contributed by atoms with Crippen LogP contribution in [0.25, 0.3) is 0 Å². The Bertz CT molecular complexity index is 770. The number of benzene rings is 1. The number of nitrogens with one attached hydrogen (secondary N) is 2. The topological polar surface area (TPSA) is 197 Å². The first-order chi connectivity index (χ1) is 14.1. The minimum atomic E-state index is -1.36. The number of rotatable bonds is 12. The fraction of sp³-hybridized carbons (Fsp3) is 0.421. The van der Waals surface area contributed by atoms with Gasteiger partial charge in [0.1, 0.15) is 12.1 Å². The van der Waals surface area contributed by atoms with Gasteiger partial charge in [0.15, 0.2) is 0 Å². The van der Waals surface area contributed by atoms with Crippen molar-refractivity contribution in [3.05, 3.63) is 35.9 Å². The van der Waals surface area contributed by atoms with Crippen LogP contribution in [0.2, 0.25) is 0 Å². The maximum Gasteiger partial charge on any atom is 0.328 e. The van der Waals surface area contributed by atoms with E-state index in [1.54, 1.807) is 30.3 Å². The number of carbonyl (C=O) groups is 5. The Morgan fingerprint density at radius 3 is 2.07 bits per heavy atom. The van der Waals surface area contributed by atoms with Crippen molar-refractivity contribution in [2.75, 3.05) is 7.11 Å². The molecule has 0 aliphatic carbocycles. The van der Waals surface area contributed by atoms with E-state index in [2.05, 4.69) is 10.6 Å². The zero-order chi connectivity index (χ0) is 22.7. The second-order valence-corrected chi connectivity index (χ2v) is 6.62. The Morgan fingerprint density at radius 1 is 0.933 bits per heavy atom. The third-order valence-electron chi connectivity index (χ3n) is 4.16. The van der Waals surface area contributed by atoms with Gasteiger partial charge < -0.3 is 32.6 Å². The first kappa shape index (κ1) is 24.6. The molecule has 3 atom stereocenters. The number of esters is 1. The second-order valence-electron chi connectivity index (χ2n) is 6.62. The van der Waals surface area contributed by atoms with Crippen molar-refractivity contribution in [1.29, 1.82) is 0 Å². The van der Waals surface area contributed by atoms with Gasteiger partial charge >= 0.3 is 5.97 Å². The van der Waals surface area contributed by atoms with Crippen molar-refractivity contribution in [3.63, 3.8) is 0 Å². The summed E-state index contributed by atoms with van der Waals surface area (Å²) in [6.45, 7) is 0. The summed E-state index contributed by atoms with van der Waals surface area (Å²) in [4.78, 5) is 59.2. The van der Waals surface area contributed by atoms with Gasteiger partial charge in [-0.25, -0.2) is 4.79 Å². The molecule has 0 bridgehead atoms. The molecule has 0 fully saturated rings. The molecule has 0 unspecified atom stereocenters. The van der Waals surface area contributed by atoms with E-state index in [1.807, 2.05) is 0 Å². The van der Waals surface area contributed by atoms with Crippen molar-refractivity contribution >= 4 is 29.6 Å². The van der Waals surface area contributed by atoms with Gasteiger partial charge in [-0.2, -0.15) is 0 Å². The molecule has 0 saturated heterocycles. The Balaban J connectivity index is 2.88. The van der Waals surface area contributed by atoms with Crippen molar-refractivity contribution in [2.45, 2.75) is 43.8 Å². The summed E-state index contributed by atoms with van der Waals surface area (Å²) in [5, 5.41) is 4.78. The average Bonchev–Trinajstić information content (AvgIpc) is 2.70. The summed E-state index contributed by atoms with van der Waals surface area (Å²) in [6.07, 6.45) is -0.540. The van der Waals surface area contributed by atoms with Crippen LogP contribution in [0.5, 0.6) is 0 Å². The maximum atomic E-state index is 12.7. The van der Waals surface area contributed by atoms with Crippen molar-refractivity contribution in [2.24, 2.45) is 17.2 Å². The van der Waals surface area contributed by atoms with Gasteiger partial charge in [-0.1, -0.05) is 30.3 Å². The van der Waals surface area contributed by atoms with Crippen LogP contribution in [0.4, 0.5) is 0 Å². The Hall–Kier alpha value is -3.47. The van der Waals surface area contributed by atoms with E-state index >= 15 is 0 Å². The third-order valence-corrected chi connectivity index (χ3v) is 4.16. The van der Waals surface area contributed by atoms with E-state index in [9.17, 15) is 24.0 Å². The van der Waals surface area contributed by atoms with Crippen LogP contribution < -0.4 is 27.8 Å². The number of ether oxygens (including phenoxy) is 1. The zero-order valence-corrected chi connectivity index (χ0v) is 16.6. The standard InChI is InChI=1S/C19H27N5O6/c1-30-19(29)14(9-11-5-3-2-4-6-11)24-18(28)13(10-16(22)26)23-17(27)12(20)7-8-15(21)25/h2-6,12-14H,7-10,20H2,1H3,(H2,21,25)(H2,22,26)(H,23,27)(H,24,28)/t12-,13-,14-/m0/s1. The third kappa shape index (κ3) is 8.69. The highest BCUT2D eigenvalue weighted by Gasteiger charge is 2.29. The predicted molar refractivity (Wildman–Crippen MR) is 106 cm³/mol. The quantitative estimate of drug-likeness (QED) is 0.237. The Labute approximate surface area is 173 Å². The smallest absolute Gasteiger partial charge is 0.328 e. The number of nitrogens with two attached hydrogens (primary N) is 3. The Morgan fingerprint density at radius 2 is 1.53 bits per heavy atom. The minimum absolute atomic E-state index is 0.0368. The molecule has 0 heterocycles. The SMILES string of the molecule is COC(=O)[C@H](Cc1ccccc1)NC(=O)[C@H](CC(N)=O)NC(=O)[C@@H](N)CCC(N)=O. The Kier molecular flexibility index (Phi) is 9.97. The molecule has 0 saturated carbocycles. The molecular formula is C19H27N5O6. The molecule has 11 heteroatoms. The predicted octanol–water partition coefficient (Wildman–Crippen LogP) is -2.16. The van der Waals surface area contributed by atoms with E-state index in [-0.39, 0.29) is 19.3 Å². The number of carbonyl (C=O) groups excluding carboxylic acids is 5. The summed E-state index contributed by atoms with van der Waals surface area (Å²) in [7, 11) is 1.17. The molecule has 1 aromatic rings. The van der Waals surface area contributed by atoms with Crippen molar-refractivity contribution in [1.82, 2.24) is 10.6 Å². The van der Waals surface area contributed by atoms with Gasteiger partial charge in [-0.05, 0) is 12.0 Å². The first-order valence-electron chi connectivity index (χ1n) is 9.18. The van der Waals surface area contributed by atoms with Gasteiger partial charge in [0.25, 0.3) is 0 Å². The normalized spacial score (nSPS) is 13.4. The highest BCUT2D eigenvalue weighted by Crippen LogP contribution is 2.06. The lowest BCUT2D eigenvalue weighted by Crippen LogP contribution is -2.56. The molecule has 30 heavy (non-hydrogen) atoms. The van der Waals surface area contributed by atoms with Crippen LogP contribution in [-0.2, 0) is 35.1 Å². The number of methoxy groups -OCH3 is 1. The molecule has 8 N–H and O–H groups in total. The lowest BCUT2D eigenvalue weighted by atomic mass is 10.0. The maximum absolute atomic E-state index is 12.7. The molecule has 11 nitrogen and oxygen atoms in total. The molecule has 164 valence electrons. The van der Waals surface area contributed by atoms with E-state index in [0.717, 1.165) is 5.56 Å². The molecule has 1 rings (SSSR count). The lowest BCUT2D eigenvalue weighted by molar-refractivity contribution is -0.145. The average molecular weight is 421 g/mol. The van der Waals surface area contributed by atoms with E-state index < -0.39 is 54.1 Å². The number of hydrogen-bond acceptors (Lipinski definition) is 7.